The summed E-state index contributed by atoms with van der Waals surface area (Å²) in [6.45, 7) is 23.9. The van der Waals surface area contributed by atoms with Crippen LogP contribution in [0.3, 0.4) is 0 Å². The number of ether oxygens (including phenoxy) is 4. The predicted octanol–water partition coefficient (Wildman–Crippen LogP) is 8.79. The maximum atomic E-state index is 10.8. The number of hydrogen-bond acceptors (Lipinski definition) is 8. The second-order valence-electron chi connectivity index (χ2n) is 9.35. The Balaban J connectivity index is -0.000000239. The van der Waals surface area contributed by atoms with E-state index in [2.05, 4.69) is 51.8 Å². The number of hydrogen-bond donors (Lipinski definition) is 0. The van der Waals surface area contributed by atoms with Crippen molar-refractivity contribution in [1.29, 1.82) is 0 Å². The van der Waals surface area contributed by atoms with Gasteiger partial charge in [-0.2, -0.15) is 0 Å². The van der Waals surface area contributed by atoms with Gasteiger partial charge in [-0.15, -0.1) is 13.2 Å². The average molecular weight is 611 g/mol. The summed E-state index contributed by atoms with van der Waals surface area (Å²) in [7, 11) is 0. The molecule has 0 radical (unpaired) electrons. The molecule has 0 aliphatic carbocycles. The molecule has 0 saturated heterocycles. The number of carbonyl (C=O) groups excluding carboxylic acids is 4. The monoisotopic (exact) mass is 610 g/mol. The smallest absolute Gasteiger partial charge is 0.330 e. The summed E-state index contributed by atoms with van der Waals surface area (Å²) in [6, 6.07) is 0. The van der Waals surface area contributed by atoms with Crippen LogP contribution in [0.1, 0.15) is 124 Å². The molecule has 8 nitrogen and oxygen atoms in total. The molecule has 0 saturated carbocycles. The van der Waals surface area contributed by atoms with Crippen LogP contribution in [0.4, 0.5) is 0 Å². The second-order valence-corrected chi connectivity index (χ2v) is 9.35. The molecule has 0 spiro atoms. The Morgan fingerprint density at radius 1 is 0.442 bits per heavy atom. The van der Waals surface area contributed by atoms with Crippen molar-refractivity contribution in [3.8, 4) is 0 Å². The van der Waals surface area contributed by atoms with E-state index in [-0.39, 0.29) is 23.9 Å². The van der Waals surface area contributed by atoms with Gasteiger partial charge in [-0.25, -0.2) is 9.59 Å². The topological polar surface area (TPSA) is 105 Å². The van der Waals surface area contributed by atoms with Crippen molar-refractivity contribution in [3.63, 3.8) is 0 Å². The van der Waals surface area contributed by atoms with E-state index >= 15 is 0 Å². The van der Waals surface area contributed by atoms with Gasteiger partial charge >= 0.3 is 23.9 Å². The lowest BCUT2D eigenvalue weighted by atomic mass is 10.2. The van der Waals surface area contributed by atoms with Gasteiger partial charge in [0, 0.05) is 12.2 Å². The van der Waals surface area contributed by atoms with Crippen LogP contribution in [0.15, 0.2) is 50.6 Å². The zero-order chi connectivity index (χ0) is 33.4. The minimum absolute atomic E-state index is 0.162. The van der Waals surface area contributed by atoms with Crippen molar-refractivity contribution in [2.24, 2.45) is 0 Å². The van der Waals surface area contributed by atoms with Gasteiger partial charge in [0.15, 0.2) is 0 Å². The van der Waals surface area contributed by atoms with Gasteiger partial charge < -0.3 is 18.9 Å². The van der Waals surface area contributed by atoms with Crippen LogP contribution >= 0.6 is 0 Å². The van der Waals surface area contributed by atoms with Gasteiger partial charge in [0.05, 0.1) is 39.3 Å². The van der Waals surface area contributed by atoms with Crippen LogP contribution < -0.4 is 0 Å². The van der Waals surface area contributed by atoms with Gasteiger partial charge in [0.1, 0.15) is 0 Å². The number of unbranched alkanes of at least 4 members (excludes halogenated alkanes) is 9. The quantitative estimate of drug-likeness (QED) is 0.0372. The maximum absolute atomic E-state index is 10.8. The number of esters is 4. The van der Waals surface area contributed by atoms with E-state index in [9.17, 15) is 19.2 Å². The number of rotatable bonds is 23. The Bertz CT molecular complexity index is 700. The molecule has 0 aromatic rings. The molecule has 0 aromatic heterocycles. The molecule has 0 rings (SSSR count). The van der Waals surface area contributed by atoms with Gasteiger partial charge in [0.25, 0.3) is 0 Å². The molecular formula is C35H62O8. The van der Waals surface area contributed by atoms with Crippen LogP contribution in [0.2, 0.25) is 0 Å². The highest BCUT2D eigenvalue weighted by Crippen LogP contribution is 2.03. The molecule has 0 aliphatic rings. The van der Waals surface area contributed by atoms with E-state index in [4.69, 9.17) is 14.2 Å². The Labute approximate surface area is 263 Å². The molecule has 0 heterocycles. The van der Waals surface area contributed by atoms with Crippen molar-refractivity contribution in [2.75, 3.05) is 26.4 Å². The van der Waals surface area contributed by atoms with Gasteiger partial charge in [-0.05, 0) is 25.7 Å². The molecule has 0 unspecified atom stereocenters. The third-order valence-electron chi connectivity index (χ3n) is 5.17. The molecular weight excluding hydrogens is 548 g/mol. The molecule has 0 aliphatic heterocycles. The fourth-order valence-electron chi connectivity index (χ4n) is 2.77. The van der Waals surface area contributed by atoms with Crippen molar-refractivity contribution < 1.29 is 38.1 Å². The van der Waals surface area contributed by atoms with Crippen molar-refractivity contribution in [2.45, 2.75) is 124 Å². The van der Waals surface area contributed by atoms with Crippen LogP contribution in [-0.2, 0) is 38.1 Å². The maximum Gasteiger partial charge on any atom is 0.330 e. The van der Waals surface area contributed by atoms with E-state index < -0.39 is 0 Å². The van der Waals surface area contributed by atoms with E-state index in [0.29, 0.717) is 39.3 Å². The summed E-state index contributed by atoms with van der Waals surface area (Å²) >= 11 is 0. The molecule has 0 N–H and O–H groups in total. The summed E-state index contributed by atoms with van der Waals surface area (Å²) < 4.78 is 19.2. The Hall–Kier alpha value is -3.16. The third kappa shape index (κ3) is 52.0. The summed E-state index contributed by atoms with van der Waals surface area (Å²) in [4.78, 5) is 42.3. The van der Waals surface area contributed by atoms with Crippen molar-refractivity contribution >= 4 is 23.9 Å². The van der Waals surface area contributed by atoms with E-state index in [0.717, 1.165) is 51.0 Å². The zero-order valence-corrected chi connectivity index (χ0v) is 27.8. The Morgan fingerprint density at radius 2 is 0.791 bits per heavy atom. The van der Waals surface area contributed by atoms with Crippen molar-refractivity contribution in [3.05, 3.63) is 50.6 Å². The highest BCUT2D eigenvalue weighted by Gasteiger charge is 1.98. The summed E-state index contributed by atoms with van der Waals surface area (Å²) in [5, 5.41) is 0. The lowest BCUT2D eigenvalue weighted by Crippen LogP contribution is -2.03. The first-order valence-electron chi connectivity index (χ1n) is 15.9. The van der Waals surface area contributed by atoms with Crippen LogP contribution in [-0.4, -0.2) is 50.3 Å². The minimum Gasteiger partial charge on any atom is -0.465 e. The summed E-state index contributed by atoms with van der Waals surface area (Å²) in [5.41, 5.74) is 0. The fraction of sp³-hybridized carbons (Fsp3) is 0.657. The highest BCUT2D eigenvalue weighted by atomic mass is 16.5. The largest absolute Gasteiger partial charge is 0.465 e. The van der Waals surface area contributed by atoms with Crippen LogP contribution in [0, 0.1) is 0 Å². The molecule has 8 heteroatoms. The lowest BCUT2D eigenvalue weighted by Gasteiger charge is -2.02. The normalized spacial score (nSPS) is 9.12. The minimum atomic E-state index is -0.341. The average Bonchev–Trinajstić information content (AvgIpc) is 3.00. The van der Waals surface area contributed by atoms with Crippen LogP contribution in [0.5, 0.6) is 0 Å². The molecule has 0 bridgehead atoms. The van der Waals surface area contributed by atoms with Crippen LogP contribution in [0.25, 0.3) is 0 Å². The zero-order valence-electron chi connectivity index (χ0n) is 27.8. The van der Waals surface area contributed by atoms with Gasteiger partial charge in [-0.3, -0.25) is 9.59 Å². The van der Waals surface area contributed by atoms with E-state index in [1.165, 1.54) is 44.6 Å². The molecule has 0 atom stereocenters. The summed E-state index contributed by atoms with van der Waals surface area (Å²) in [6.07, 6.45) is 20.8. The van der Waals surface area contributed by atoms with Crippen molar-refractivity contribution in [1.82, 2.24) is 0 Å². The molecule has 0 aromatic carbocycles. The predicted molar refractivity (Wildman–Crippen MR) is 177 cm³/mol. The first-order valence-corrected chi connectivity index (χ1v) is 15.9. The Morgan fingerprint density at radius 3 is 1.14 bits per heavy atom. The summed E-state index contributed by atoms with van der Waals surface area (Å²) in [5.74, 6) is -0.994. The van der Waals surface area contributed by atoms with E-state index in [1.54, 1.807) is 12.2 Å². The molecule has 250 valence electrons. The standard InChI is InChI=1S/C11H20O2.C10H18O2.C8H14O2.C6H10O2/c1-3-5-6-7-8-10-13-11(12)9-4-2;1-3-5-6-7-8-9-12-10(11)4-2;1-3-5-7-10-8(9)6-4-2;1-3-5-8-6(7)4-2/h4H,2-3,5-10H2,1H3;4H,2-3,5-9H2,1H3;4H,2-3,5-7H2,1H3;4H,2-3,5H2,1H3. The first-order chi connectivity index (χ1) is 20.7. The van der Waals surface area contributed by atoms with Gasteiger partial charge in [-0.1, -0.05) is 111 Å². The second kappa shape index (κ2) is 43.3. The lowest BCUT2D eigenvalue weighted by molar-refractivity contribution is -0.143. The first kappa shape index (κ1) is 46.8. The highest BCUT2D eigenvalue weighted by molar-refractivity contribution is 5.81. The van der Waals surface area contributed by atoms with Gasteiger partial charge in [0.2, 0.25) is 0 Å². The third-order valence-corrected chi connectivity index (χ3v) is 5.17. The molecule has 43 heavy (non-hydrogen) atoms. The molecule has 0 fully saturated rings. The number of carbonyl (C=O) groups is 4. The van der Waals surface area contributed by atoms with E-state index in [1.807, 2.05) is 6.92 Å². The Kier molecular flexibility index (Phi) is 47.1. The SMILES string of the molecule is C=CC(=O)OCCC.C=CC(=O)OCCCCCCC.C=CCC(=O)OCCCC.C=CCC(=O)OCCCCCCC. The fourth-order valence-corrected chi connectivity index (χ4v) is 2.77. The molecule has 0 amide bonds.